The van der Waals surface area contributed by atoms with E-state index in [9.17, 15) is 9.59 Å². The van der Waals surface area contributed by atoms with E-state index in [1.807, 2.05) is 23.6 Å². The Morgan fingerprint density at radius 1 is 1.19 bits per heavy atom. The summed E-state index contributed by atoms with van der Waals surface area (Å²) in [6.07, 6.45) is 1.77. The third-order valence-electron chi connectivity index (χ3n) is 4.97. The maximum absolute atomic E-state index is 13.5. The largest absolute Gasteiger partial charge is 0.497 e. The Balaban J connectivity index is 1.94. The second-order valence-electron chi connectivity index (χ2n) is 6.70. The number of methoxy groups -OCH3 is 3. The van der Waals surface area contributed by atoms with Crippen LogP contribution in [0.3, 0.4) is 0 Å². The number of rotatable bonds is 5. The Bertz CT molecular complexity index is 1350. The number of thiazole rings is 1. The van der Waals surface area contributed by atoms with E-state index in [2.05, 4.69) is 4.99 Å². The molecule has 0 N–H and O–H groups in total. The molecule has 4 rings (SSSR count). The van der Waals surface area contributed by atoms with Crippen molar-refractivity contribution in [1.29, 1.82) is 0 Å². The second kappa shape index (κ2) is 8.52. The molecule has 31 heavy (non-hydrogen) atoms. The van der Waals surface area contributed by atoms with E-state index in [0.29, 0.717) is 32.1 Å². The summed E-state index contributed by atoms with van der Waals surface area (Å²) in [4.78, 5) is 32.0. The van der Waals surface area contributed by atoms with E-state index >= 15 is 0 Å². The van der Waals surface area contributed by atoms with Gasteiger partial charge in [0, 0.05) is 16.5 Å². The number of allylic oxidation sites excluding steroid dienone is 1. The van der Waals surface area contributed by atoms with Gasteiger partial charge >= 0.3 is 5.97 Å². The van der Waals surface area contributed by atoms with Crippen molar-refractivity contribution in [1.82, 2.24) is 4.57 Å². The molecule has 0 fully saturated rings. The first-order valence-corrected chi connectivity index (χ1v) is 11.0. The third-order valence-corrected chi connectivity index (χ3v) is 6.87. The zero-order valence-electron chi connectivity index (χ0n) is 17.4. The van der Waals surface area contributed by atoms with Crippen molar-refractivity contribution in [3.8, 4) is 11.5 Å². The van der Waals surface area contributed by atoms with Gasteiger partial charge in [0.1, 0.15) is 17.5 Å². The minimum Gasteiger partial charge on any atom is -0.497 e. The van der Waals surface area contributed by atoms with Gasteiger partial charge in [0.05, 0.1) is 37.1 Å². The van der Waals surface area contributed by atoms with Gasteiger partial charge < -0.3 is 14.2 Å². The van der Waals surface area contributed by atoms with Crippen molar-refractivity contribution in [3.05, 3.63) is 77.1 Å². The van der Waals surface area contributed by atoms with Gasteiger partial charge in [0.15, 0.2) is 4.80 Å². The van der Waals surface area contributed by atoms with E-state index in [1.165, 1.54) is 29.8 Å². The minimum atomic E-state index is -0.580. The first kappa shape index (κ1) is 21.1. The van der Waals surface area contributed by atoms with Crippen LogP contribution in [0.25, 0.3) is 6.08 Å². The van der Waals surface area contributed by atoms with Crippen LogP contribution in [-0.4, -0.2) is 31.9 Å². The molecule has 0 bridgehead atoms. The molecule has 7 nitrogen and oxygen atoms in total. The Morgan fingerprint density at radius 2 is 2.00 bits per heavy atom. The maximum atomic E-state index is 13.5. The number of carbonyl (C=O) groups is 1. The molecule has 1 aromatic carbocycles. The van der Waals surface area contributed by atoms with Crippen molar-refractivity contribution in [2.75, 3.05) is 21.3 Å². The van der Waals surface area contributed by atoms with Gasteiger partial charge in [-0.2, -0.15) is 0 Å². The molecule has 3 heterocycles. The first-order valence-electron chi connectivity index (χ1n) is 9.34. The fraction of sp³-hybridized carbons (Fsp3) is 0.227. The summed E-state index contributed by atoms with van der Waals surface area (Å²) < 4.78 is 17.8. The van der Waals surface area contributed by atoms with Crippen molar-refractivity contribution >= 4 is 34.7 Å². The zero-order valence-corrected chi connectivity index (χ0v) is 19.0. The summed E-state index contributed by atoms with van der Waals surface area (Å²) in [5.41, 5.74) is 1.42. The van der Waals surface area contributed by atoms with Crippen LogP contribution in [-0.2, 0) is 9.53 Å². The van der Waals surface area contributed by atoms with E-state index in [-0.39, 0.29) is 5.56 Å². The number of fused-ring (bicyclic) bond motifs is 1. The monoisotopic (exact) mass is 456 g/mol. The maximum Gasteiger partial charge on any atom is 0.338 e. The second-order valence-corrected chi connectivity index (χ2v) is 8.69. The summed E-state index contributed by atoms with van der Waals surface area (Å²) >= 11 is 2.75. The summed E-state index contributed by atoms with van der Waals surface area (Å²) in [5.74, 6) is 0.753. The SMILES string of the molecule is COC(=O)C1=C(C)N=c2sc(=Cc3ccc(OC)cc3OC)c(=O)n2[C@@H]1c1cccs1. The quantitative estimate of drug-likeness (QED) is 0.551. The first-order chi connectivity index (χ1) is 15.0. The molecule has 0 unspecified atom stereocenters. The number of nitrogens with zero attached hydrogens (tertiary/aromatic N) is 2. The zero-order chi connectivity index (χ0) is 22.1. The van der Waals surface area contributed by atoms with Gasteiger partial charge in [-0.15, -0.1) is 11.3 Å². The lowest BCUT2D eigenvalue weighted by molar-refractivity contribution is -0.136. The molecule has 3 aromatic rings. The third kappa shape index (κ3) is 3.70. The molecule has 0 spiro atoms. The molecule has 1 aliphatic rings. The number of hydrogen-bond donors (Lipinski definition) is 0. The topological polar surface area (TPSA) is 79.1 Å². The van der Waals surface area contributed by atoms with Crippen LogP contribution < -0.4 is 24.4 Å². The van der Waals surface area contributed by atoms with Gasteiger partial charge in [-0.1, -0.05) is 17.4 Å². The molecular formula is C22H20N2O5S2. The Kier molecular flexibility index (Phi) is 5.79. The summed E-state index contributed by atoms with van der Waals surface area (Å²) in [6.45, 7) is 1.76. The number of aromatic nitrogens is 1. The van der Waals surface area contributed by atoms with Crippen LogP contribution in [0.1, 0.15) is 23.4 Å². The molecule has 1 atom stereocenters. The number of hydrogen-bond acceptors (Lipinski definition) is 8. The highest BCUT2D eigenvalue weighted by Crippen LogP contribution is 2.33. The minimum absolute atomic E-state index is 0.228. The molecule has 0 radical (unpaired) electrons. The Hall–Kier alpha value is -3.17. The van der Waals surface area contributed by atoms with E-state index < -0.39 is 12.0 Å². The van der Waals surface area contributed by atoms with E-state index in [0.717, 1.165) is 10.4 Å². The standard InChI is InChI=1S/C22H20N2O5S2/c1-12-18(21(26)29-4)19(16-6-5-9-30-16)24-20(25)17(31-22(24)23-12)10-13-7-8-14(27-2)11-15(13)28-3/h5-11,19H,1-4H3/t19-/m1/s1. The molecule has 0 amide bonds. The number of carbonyl (C=O) groups excluding carboxylic acids is 1. The van der Waals surface area contributed by atoms with Crippen LogP contribution >= 0.6 is 22.7 Å². The average molecular weight is 457 g/mol. The Labute approximate surface area is 186 Å². The Morgan fingerprint density at radius 3 is 2.65 bits per heavy atom. The van der Waals surface area contributed by atoms with Crippen molar-refractivity contribution in [3.63, 3.8) is 0 Å². The molecule has 0 aliphatic carbocycles. The molecule has 9 heteroatoms. The van der Waals surface area contributed by atoms with Crippen LogP contribution in [0, 0.1) is 0 Å². The van der Waals surface area contributed by atoms with E-state index in [1.54, 1.807) is 43.9 Å². The molecular weight excluding hydrogens is 436 g/mol. The number of ether oxygens (including phenoxy) is 3. The normalized spacial score (nSPS) is 16.0. The van der Waals surface area contributed by atoms with Gasteiger partial charge in [-0.05, 0) is 36.6 Å². The van der Waals surface area contributed by atoms with Gasteiger partial charge in [-0.3, -0.25) is 9.36 Å². The highest BCUT2D eigenvalue weighted by Gasteiger charge is 2.33. The average Bonchev–Trinajstić information content (AvgIpc) is 3.41. The van der Waals surface area contributed by atoms with E-state index in [4.69, 9.17) is 14.2 Å². The lowest BCUT2D eigenvalue weighted by atomic mass is 10.0. The molecule has 160 valence electrons. The molecule has 2 aromatic heterocycles. The lowest BCUT2D eigenvalue weighted by Gasteiger charge is -2.22. The molecule has 0 saturated carbocycles. The molecule has 0 saturated heterocycles. The number of benzene rings is 1. The van der Waals surface area contributed by atoms with Gasteiger partial charge in [-0.25, -0.2) is 9.79 Å². The predicted molar refractivity (Wildman–Crippen MR) is 120 cm³/mol. The fourth-order valence-electron chi connectivity index (χ4n) is 3.49. The predicted octanol–water partition coefficient (Wildman–Crippen LogP) is 2.49. The van der Waals surface area contributed by atoms with Gasteiger partial charge in [0.25, 0.3) is 5.56 Å². The summed E-state index contributed by atoms with van der Waals surface area (Å²) in [6, 6.07) is 8.61. The smallest absolute Gasteiger partial charge is 0.338 e. The number of thiophene rings is 1. The van der Waals surface area contributed by atoms with Crippen LogP contribution in [0.4, 0.5) is 0 Å². The fourth-order valence-corrected chi connectivity index (χ4v) is 5.35. The van der Waals surface area contributed by atoms with Crippen LogP contribution in [0.5, 0.6) is 11.5 Å². The van der Waals surface area contributed by atoms with Crippen molar-refractivity contribution < 1.29 is 19.0 Å². The highest BCUT2D eigenvalue weighted by atomic mass is 32.1. The highest BCUT2D eigenvalue weighted by molar-refractivity contribution is 7.10. The molecule has 1 aliphatic heterocycles. The number of esters is 1. The van der Waals surface area contributed by atoms with Crippen molar-refractivity contribution in [2.45, 2.75) is 13.0 Å². The van der Waals surface area contributed by atoms with Gasteiger partial charge in [0.2, 0.25) is 0 Å². The summed E-state index contributed by atoms with van der Waals surface area (Å²) in [7, 11) is 4.48. The van der Waals surface area contributed by atoms with Crippen LogP contribution in [0.15, 0.2) is 56.8 Å². The lowest BCUT2D eigenvalue weighted by Crippen LogP contribution is -2.39. The van der Waals surface area contributed by atoms with Crippen molar-refractivity contribution in [2.24, 2.45) is 4.99 Å². The summed E-state index contributed by atoms with van der Waals surface area (Å²) in [5, 5.41) is 1.91. The van der Waals surface area contributed by atoms with Crippen LogP contribution in [0.2, 0.25) is 0 Å².